The Bertz CT molecular complexity index is 569. The van der Waals surface area contributed by atoms with Crippen LogP contribution in [0.2, 0.25) is 0 Å². The zero-order chi connectivity index (χ0) is 12.6. The highest BCUT2D eigenvalue weighted by molar-refractivity contribution is 7.15. The third kappa shape index (κ3) is 2.24. The van der Waals surface area contributed by atoms with Gasteiger partial charge >= 0.3 is 0 Å². The molecule has 0 aromatic carbocycles. The molecule has 2 heterocycles. The number of nitrogens with one attached hydrogen (secondary N) is 1. The summed E-state index contributed by atoms with van der Waals surface area (Å²) in [6.07, 6.45) is 1.74. The molecule has 0 aliphatic rings. The molecule has 2 rings (SSSR count). The fourth-order valence-electron chi connectivity index (χ4n) is 1.70. The Balaban J connectivity index is 2.26. The number of carbonyl (C=O) groups excluding carboxylic acids is 1. The van der Waals surface area contributed by atoms with Gasteiger partial charge in [0.2, 0.25) is 0 Å². The minimum Gasteiger partial charge on any atom is -0.466 e. The zero-order valence-electron chi connectivity index (χ0n) is 10.2. The first-order chi connectivity index (χ1) is 7.99. The molecule has 0 saturated heterocycles. The lowest BCUT2D eigenvalue weighted by Crippen LogP contribution is -2.13. The van der Waals surface area contributed by atoms with Crippen LogP contribution in [-0.2, 0) is 0 Å². The third-order valence-electron chi connectivity index (χ3n) is 2.63. The summed E-state index contributed by atoms with van der Waals surface area (Å²) in [5.74, 6) is 1.26. The number of thiazole rings is 1. The number of furan rings is 1. The van der Waals surface area contributed by atoms with Crippen molar-refractivity contribution in [2.24, 2.45) is 0 Å². The molecular formula is C12H14N2O2S. The van der Waals surface area contributed by atoms with Crippen molar-refractivity contribution in [1.82, 2.24) is 4.98 Å². The van der Waals surface area contributed by atoms with Crippen LogP contribution in [0.1, 0.15) is 32.3 Å². The van der Waals surface area contributed by atoms with Crippen LogP contribution in [0.4, 0.5) is 5.13 Å². The van der Waals surface area contributed by atoms with Crippen molar-refractivity contribution in [3.05, 3.63) is 33.7 Å². The Morgan fingerprint density at radius 2 is 2.00 bits per heavy atom. The van der Waals surface area contributed by atoms with Crippen LogP contribution < -0.4 is 5.32 Å². The molecule has 0 atom stereocenters. The monoisotopic (exact) mass is 250 g/mol. The average Bonchev–Trinajstić information content (AvgIpc) is 2.73. The summed E-state index contributed by atoms with van der Waals surface area (Å²) >= 11 is 1.46. The second kappa shape index (κ2) is 4.33. The lowest BCUT2D eigenvalue weighted by Gasteiger charge is -2.01. The average molecular weight is 250 g/mol. The van der Waals surface area contributed by atoms with Gasteiger partial charge < -0.3 is 4.42 Å². The fraction of sp³-hybridized carbons (Fsp3) is 0.333. The van der Waals surface area contributed by atoms with Gasteiger partial charge in [-0.3, -0.25) is 10.1 Å². The highest BCUT2D eigenvalue weighted by Crippen LogP contribution is 2.23. The normalized spacial score (nSPS) is 10.6. The van der Waals surface area contributed by atoms with Gasteiger partial charge in [-0.25, -0.2) is 4.98 Å². The quantitative estimate of drug-likeness (QED) is 0.890. The topological polar surface area (TPSA) is 55.1 Å². The molecular weight excluding hydrogens is 236 g/mol. The molecule has 0 spiro atoms. The van der Waals surface area contributed by atoms with E-state index in [1.807, 2.05) is 20.8 Å². The van der Waals surface area contributed by atoms with Gasteiger partial charge in [-0.1, -0.05) is 0 Å². The molecule has 0 aliphatic heterocycles. The summed E-state index contributed by atoms with van der Waals surface area (Å²) in [6.45, 7) is 7.48. The van der Waals surface area contributed by atoms with Crippen molar-refractivity contribution >= 4 is 22.4 Å². The van der Waals surface area contributed by atoms with E-state index < -0.39 is 0 Å². The molecule has 4 nitrogen and oxygen atoms in total. The molecule has 90 valence electrons. The highest BCUT2D eigenvalue weighted by Gasteiger charge is 2.19. The predicted octanol–water partition coefficient (Wildman–Crippen LogP) is 3.22. The van der Waals surface area contributed by atoms with E-state index in [9.17, 15) is 4.79 Å². The van der Waals surface area contributed by atoms with Gasteiger partial charge in [-0.05, 0) is 27.7 Å². The van der Waals surface area contributed by atoms with Crippen LogP contribution in [0, 0.1) is 27.7 Å². The Morgan fingerprint density at radius 1 is 1.29 bits per heavy atom. The van der Waals surface area contributed by atoms with Crippen LogP contribution in [0.25, 0.3) is 0 Å². The first kappa shape index (κ1) is 11.9. The summed E-state index contributed by atoms with van der Waals surface area (Å²) in [5, 5.41) is 3.40. The van der Waals surface area contributed by atoms with Crippen LogP contribution in [0.15, 0.2) is 10.6 Å². The summed E-state index contributed by atoms with van der Waals surface area (Å²) in [7, 11) is 0. The van der Waals surface area contributed by atoms with Gasteiger partial charge in [0, 0.05) is 16.6 Å². The molecule has 2 aromatic heterocycles. The fourth-order valence-corrected chi connectivity index (χ4v) is 2.36. The van der Waals surface area contributed by atoms with Crippen molar-refractivity contribution in [3.8, 4) is 0 Å². The molecule has 5 heteroatoms. The standard InChI is InChI=1S/C12H14N2O2S/c1-6-5-13-12(17-6)14-11(15)10-7(2)8(3)16-9(10)4/h5H,1-4H3,(H,13,14,15). The van der Waals surface area contributed by atoms with Crippen LogP contribution in [-0.4, -0.2) is 10.9 Å². The van der Waals surface area contributed by atoms with E-state index in [1.165, 1.54) is 11.3 Å². The Morgan fingerprint density at radius 3 is 2.47 bits per heavy atom. The largest absolute Gasteiger partial charge is 0.466 e. The minimum atomic E-state index is -0.161. The van der Waals surface area contributed by atoms with E-state index in [2.05, 4.69) is 10.3 Å². The van der Waals surface area contributed by atoms with E-state index >= 15 is 0 Å². The van der Waals surface area contributed by atoms with E-state index in [1.54, 1.807) is 13.1 Å². The predicted molar refractivity (Wildman–Crippen MR) is 67.7 cm³/mol. The van der Waals surface area contributed by atoms with E-state index in [4.69, 9.17) is 4.42 Å². The lowest BCUT2D eigenvalue weighted by atomic mass is 10.1. The third-order valence-corrected chi connectivity index (χ3v) is 3.46. The number of anilines is 1. The number of aryl methyl sites for hydroxylation is 3. The molecule has 0 bridgehead atoms. The maximum Gasteiger partial charge on any atom is 0.261 e. The van der Waals surface area contributed by atoms with Crippen LogP contribution >= 0.6 is 11.3 Å². The van der Waals surface area contributed by atoms with Crippen molar-refractivity contribution in [3.63, 3.8) is 0 Å². The molecule has 0 unspecified atom stereocenters. The smallest absolute Gasteiger partial charge is 0.261 e. The molecule has 0 radical (unpaired) electrons. The van der Waals surface area contributed by atoms with E-state index in [0.29, 0.717) is 16.5 Å². The van der Waals surface area contributed by atoms with Gasteiger partial charge in [-0.15, -0.1) is 11.3 Å². The van der Waals surface area contributed by atoms with Crippen LogP contribution in [0.3, 0.4) is 0 Å². The SMILES string of the molecule is Cc1cnc(NC(=O)c2c(C)oc(C)c2C)s1. The number of aromatic nitrogens is 1. The number of hydrogen-bond acceptors (Lipinski definition) is 4. The number of nitrogens with zero attached hydrogens (tertiary/aromatic N) is 1. The number of hydrogen-bond donors (Lipinski definition) is 1. The molecule has 17 heavy (non-hydrogen) atoms. The van der Waals surface area contributed by atoms with Gasteiger partial charge in [0.15, 0.2) is 5.13 Å². The summed E-state index contributed by atoms with van der Waals surface area (Å²) < 4.78 is 5.43. The van der Waals surface area contributed by atoms with Crippen molar-refractivity contribution in [2.45, 2.75) is 27.7 Å². The molecule has 2 aromatic rings. The molecule has 0 fully saturated rings. The van der Waals surface area contributed by atoms with Gasteiger partial charge in [0.25, 0.3) is 5.91 Å². The van der Waals surface area contributed by atoms with E-state index in [-0.39, 0.29) is 5.91 Å². The maximum absolute atomic E-state index is 12.1. The summed E-state index contributed by atoms with van der Waals surface area (Å²) in [5.41, 5.74) is 1.49. The molecule has 0 aliphatic carbocycles. The first-order valence-corrected chi connectivity index (χ1v) is 6.11. The number of rotatable bonds is 2. The first-order valence-electron chi connectivity index (χ1n) is 5.29. The molecule has 1 amide bonds. The Kier molecular flexibility index (Phi) is 3.02. The Hall–Kier alpha value is -1.62. The van der Waals surface area contributed by atoms with Crippen molar-refractivity contribution in [1.29, 1.82) is 0 Å². The minimum absolute atomic E-state index is 0.161. The van der Waals surface area contributed by atoms with Crippen molar-refractivity contribution in [2.75, 3.05) is 5.32 Å². The molecule has 0 saturated carbocycles. The van der Waals surface area contributed by atoms with Gasteiger partial charge in [0.1, 0.15) is 11.5 Å². The Labute approximate surface area is 104 Å². The van der Waals surface area contributed by atoms with Crippen molar-refractivity contribution < 1.29 is 9.21 Å². The highest BCUT2D eigenvalue weighted by atomic mass is 32.1. The second-order valence-corrected chi connectivity index (χ2v) is 5.18. The number of amides is 1. The number of carbonyl (C=O) groups is 1. The second-order valence-electron chi connectivity index (χ2n) is 3.94. The lowest BCUT2D eigenvalue weighted by molar-refractivity contribution is 0.102. The molecule has 1 N–H and O–H groups in total. The van der Waals surface area contributed by atoms with Crippen LogP contribution in [0.5, 0.6) is 0 Å². The summed E-state index contributed by atoms with van der Waals surface area (Å²) in [6, 6.07) is 0. The van der Waals surface area contributed by atoms with Gasteiger partial charge in [-0.2, -0.15) is 0 Å². The maximum atomic E-state index is 12.1. The van der Waals surface area contributed by atoms with Gasteiger partial charge in [0.05, 0.1) is 5.56 Å². The zero-order valence-corrected chi connectivity index (χ0v) is 11.1. The summed E-state index contributed by atoms with van der Waals surface area (Å²) in [4.78, 5) is 17.2. The van der Waals surface area contributed by atoms with E-state index in [0.717, 1.165) is 16.2 Å².